The zero-order valence-corrected chi connectivity index (χ0v) is 13.0. The van der Waals surface area contributed by atoms with Crippen LogP contribution in [0.15, 0.2) is 0 Å². The maximum Gasteiger partial charge on any atom is 0.146 e. The SMILES string of the molecule is CC(=O)[C@@H]1CCCN1.CC[C@@H]1CCCN1.S.S. The van der Waals surface area contributed by atoms with Gasteiger partial charge in [-0.2, -0.15) is 27.0 Å². The van der Waals surface area contributed by atoms with Crippen LogP contribution >= 0.6 is 27.0 Å². The lowest BCUT2D eigenvalue weighted by Crippen LogP contribution is -2.28. The van der Waals surface area contributed by atoms with Crippen LogP contribution in [0.2, 0.25) is 0 Å². The summed E-state index contributed by atoms with van der Waals surface area (Å²) >= 11 is 0. The molecule has 5 heteroatoms. The van der Waals surface area contributed by atoms with Crippen molar-refractivity contribution in [2.45, 2.75) is 58.0 Å². The fraction of sp³-hybridized carbons (Fsp3) is 0.917. The zero-order valence-electron chi connectivity index (χ0n) is 11.0. The van der Waals surface area contributed by atoms with Crippen LogP contribution in [0.1, 0.15) is 46.0 Å². The van der Waals surface area contributed by atoms with Gasteiger partial charge in [0, 0.05) is 6.04 Å². The van der Waals surface area contributed by atoms with Crippen LogP contribution in [0, 0.1) is 0 Å². The molecule has 0 amide bonds. The van der Waals surface area contributed by atoms with Crippen LogP contribution in [0.3, 0.4) is 0 Å². The third-order valence-electron chi connectivity index (χ3n) is 3.21. The zero-order chi connectivity index (χ0) is 11.1. The van der Waals surface area contributed by atoms with Crippen LogP contribution in [-0.2, 0) is 4.79 Å². The van der Waals surface area contributed by atoms with E-state index in [1.165, 1.54) is 25.8 Å². The minimum atomic E-state index is 0. The number of carbonyl (C=O) groups is 1. The van der Waals surface area contributed by atoms with Crippen molar-refractivity contribution in [1.29, 1.82) is 0 Å². The van der Waals surface area contributed by atoms with Crippen LogP contribution in [-0.4, -0.2) is 31.0 Å². The van der Waals surface area contributed by atoms with Crippen molar-refractivity contribution in [2.24, 2.45) is 0 Å². The molecule has 0 aromatic rings. The lowest BCUT2D eigenvalue weighted by molar-refractivity contribution is -0.118. The van der Waals surface area contributed by atoms with Gasteiger partial charge in [-0.3, -0.25) is 4.79 Å². The first-order valence-electron chi connectivity index (χ1n) is 6.21. The highest BCUT2D eigenvalue weighted by molar-refractivity contribution is 7.59. The highest BCUT2D eigenvalue weighted by atomic mass is 32.1. The van der Waals surface area contributed by atoms with Crippen molar-refractivity contribution >= 4 is 32.8 Å². The maximum absolute atomic E-state index is 10.6. The summed E-state index contributed by atoms with van der Waals surface area (Å²) in [5.41, 5.74) is 0. The molecule has 0 radical (unpaired) electrons. The molecule has 0 saturated carbocycles. The standard InChI is InChI=1S/C6H11NO.C6H13N.2H2S/c1-5(8)6-3-2-4-7-6;1-2-6-4-3-5-7-6;;/h6-7H,2-4H2,1H3;6-7H,2-5H2,1H3;2*1H2/t2*6-;;/m01../s1. The predicted octanol–water partition coefficient (Wildman–Crippen LogP) is 1.70. The Labute approximate surface area is 119 Å². The van der Waals surface area contributed by atoms with Crippen LogP contribution < -0.4 is 10.6 Å². The van der Waals surface area contributed by atoms with Gasteiger partial charge in [0.05, 0.1) is 6.04 Å². The highest BCUT2D eigenvalue weighted by Crippen LogP contribution is 2.06. The van der Waals surface area contributed by atoms with E-state index in [0.717, 1.165) is 25.4 Å². The second kappa shape index (κ2) is 11.4. The minimum Gasteiger partial charge on any atom is -0.314 e. The van der Waals surface area contributed by atoms with Crippen molar-refractivity contribution in [3.63, 3.8) is 0 Å². The number of hydrogen-bond acceptors (Lipinski definition) is 3. The summed E-state index contributed by atoms with van der Waals surface area (Å²) in [6, 6.07) is 1.02. The van der Waals surface area contributed by atoms with Crippen molar-refractivity contribution < 1.29 is 4.79 Å². The molecule has 2 fully saturated rings. The molecule has 104 valence electrons. The number of nitrogens with one attached hydrogen (secondary N) is 2. The lowest BCUT2D eigenvalue weighted by atomic mass is 10.2. The van der Waals surface area contributed by atoms with Gasteiger partial charge in [-0.1, -0.05) is 6.92 Å². The van der Waals surface area contributed by atoms with Crippen molar-refractivity contribution in [3.8, 4) is 0 Å². The predicted molar refractivity (Wildman–Crippen MR) is 83.8 cm³/mol. The van der Waals surface area contributed by atoms with Gasteiger partial charge in [0.1, 0.15) is 5.78 Å². The Kier molecular flexibility index (Phi) is 13.1. The van der Waals surface area contributed by atoms with E-state index in [1.807, 2.05) is 0 Å². The summed E-state index contributed by atoms with van der Waals surface area (Å²) < 4.78 is 0. The van der Waals surface area contributed by atoms with E-state index >= 15 is 0 Å². The largest absolute Gasteiger partial charge is 0.314 e. The molecular weight excluding hydrogens is 252 g/mol. The first kappa shape index (κ1) is 19.6. The molecule has 0 bridgehead atoms. The molecule has 0 aliphatic carbocycles. The molecule has 2 rings (SSSR count). The van der Waals surface area contributed by atoms with Gasteiger partial charge in [-0.25, -0.2) is 0 Å². The smallest absolute Gasteiger partial charge is 0.146 e. The summed E-state index contributed by atoms with van der Waals surface area (Å²) in [4.78, 5) is 10.6. The Morgan fingerprint density at radius 1 is 1.12 bits per heavy atom. The van der Waals surface area contributed by atoms with Gasteiger partial charge in [0.25, 0.3) is 0 Å². The average Bonchev–Trinajstić information content (AvgIpc) is 2.92. The third-order valence-corrected chi connectivity index (χ3v) is 3.21. The Bertz CT molecular complexity index is 191. The number of rotatable bonds is 2. The molecule has 0 aromatic carbocycles. The second-order valence-electron chi connectivity index (χ2n) is 4.46. The molecule has 0 aromatic heterocycles. The van der Waals surface area contributed by atoms with E-state index in [-0.39, 0.29) is 38.8 Å². The second-order valence-corrected chi connectivity index (χ2v) is 4.46. The van der Waals surface area contributed by atoms with E-state index in [9.17, 15) is 4.79 Å². The molecule has 2 heterocycles. The molecule has 17 heavy (non-hydrogen) atoms. The molecule has 2 N–H and O–H groups in total. The molecular formula is C12H28N2OS2. The van der Waals surface area contributed by atoms with Crippen LogP contribution in [0.4, 0.5) is 0 Å². The molecule has 2 aliphatic rings. The number of hydrogen-bond donors (Lipinski definition) is 2. The number of Topliss-reactive ketones (excluding diaryl/α,β-unsaturated/α-hetero) is 1. The van der Waals surface area contributed by atoms with Gasteiger partial charge in [0.15, 0.2) is 0 Å². The first-order valence-corrected chi connectivity index (χ1v) is 6.21. The van der Waals surface area contributed by atoms with E-state index in [2.05, 4.69) is 17.6 Å². The van der Waals surface area contributed by atoms with Crippen molar-refractivity contribution in [3.05, 3.63) is 0 Å². The third kappa shape index (κ3) is 8.08. The summed E-state index contributed by atoms with van der Waals surface area (Å²) in [6.07, 6.45) is 6.29. The normalized spacial score (nSPS) is 26.2. The summed E-state index contributed by atoms with van der Waals surface area (Å²) in [5.74, 6) is 0.280. The summed E-state index contributed by atoms with van der Waals surface area (Å²) in [6.45, 7) is 6.15. The Hall–Kier alpha value is 0.290. The molecule has 2 aliphatic heterocycles. The Morgan fingerprint density at radius 3 is 1.94 bits per heavy atom. The van der Waals surface area contributed by atoms with Crippen molar-refractivity contribution in [2.75, 3.05) is 13.1 Å². The highest BCUT2D eigenvalue weighted by Gasteiger charge is 2.17. The van der Waals surface area contributed by atoms with E-state index in [0.29, 0.717) is 0 Å². The molecule has 2 saturated heterocycles. The number of carbonyl (C=O) groups excluding carboxylic acids is 1. The van der Waals surface area contributed by atoms with Gasteiger partial charge in [-0.05, 0) is 52.1 Å². The maximum atomic E-state index is 10.6. The quantitative estimate of drug-likeness (QED) is 0.809. The average molecular weight is 281 g/mol. The lowest BCUT2D eigenvalue weighted by Gasteiger charge is -2.02. The van der Waals surface area contributed by atoms with Crippen LogP contribution in [0.25, 0.3) is 0 Å². The van der Waals surface area contributed by atoms with E-state index in [4.69, 9.17) is 0 Å². The summed E-state index contributed by atoms with van der Waals surface area (Å²) in [7, 11) is 0. The van der Waals surface area contributed by atoms with E-state index in [1.54, 1.807) is 6.92 Å². The van der Waals surface area contributed by atoms with Gasteiger partial charge < -0.3 is 10.6 Å². The summed E-state index contributed by atoms with van der Waals surface area (Å²) in [5, 5.41) is 6.51. The fourth-order valence-corrected chi connectivity index (χ4v) is 2.14. The molecule has 0 spiro atoms. The van der Waals surface area contributed by atoms with Gasteiger partial charge in [-0.15, -0.1) is 0 Å². The fourth-order valence-electron chi connectivity index (χ4n) is 2.14. The van der Waals surface area contributed by atoms with Crippen LogP contribution in [0.5, 0.6) is 0 Å². The first-order chi connectivity index (χ1) is 7.24. The van der Waals surface area contributed by atoms with E-state index < -0.39 is 0 Å². The Morgan fingerprint density at radius 2 is 1.71 bits per heavy atom. The molecule has 2 atom stereocenters. The molecule has 0 unspecified atom stereocenters. The minimum absolute atomic E-state index is 0. The topological polar surface area (TPSA) is 41.1 Å². The number of ketones is 1. The Balaban J connectivity index is 0. The molecule has 3 nitrogen and oxygen atoms in total. The van der Waals surface area contributed by atoms with Gasteiger partial charge >= 0.3 is 0 Å². The van der Waals surface area contributed by atoms with Crippen molar-refractivity contribution in [1.82, 2.24) is 10.6 Å². The van der Waals surface area contributed by atoms with Gasteiger partial charge in [0.2, 0.25) is 0 Å². The monoisotopic (exact) mass is 280 g/mol.